The van der Waals surface area contributed by atoms with Crippen LogP contribution in [0.4, 0.5) is 11.4 Å². The number of amides is 1. The Morgan fingerprint density at radius 1 is 1.32 bits per heavy atom. The minimum absolute atomic E-state index is 0. The number of nitrogens with zero attached hydrogens (tertiary/aromatic N) is 1. The molecule has 1 atom stereocenters. The number of aliphatic hydroxyl groups excluding tert-OH is 1. The number of anilines is 2. The molecule has 1 aliphatic rings. The van der Waals surface area contributed by atoms with E-state index in [9.17, 15) is 9.90 Å². The summed E-state index contributed by atoms with van der Waals surface area (Å²) in [4.78, 5) is 14.7. The maximum absolute atomic E-state index is 12.5. The molecule has 152 valence electrons. The molecule has 2 aromatic rings. The van der Waals surface area contributed by atoms with Gasteiger partial charge in [-0.3, -0.25) is 4.79 Å². The zero-order valence-corrected chi connectivity index (χ0v) is 16.4. The fraction of sp³-hybridized carbons (Fsp3) is 0.409. The SMILES string of the molecule is CCCCOc1ccc(C(=O)Nc2ccc(N3CCC(N)C3)c(CO)c2)cc1.[HH]. The zero-order valence-electron chi connectivity index (χ0n) is 16.4. The van der Waals surface area contributed by atoms with E-state index in [1.165, 1.54) is 0 Å². The van der Waals surface area contributed by atoms with Gasteiger partial charge in [-0.25, -0.2) is 0 Å². The molecule has 6 nitrogen and oxygen atoms in total. The van der Waals surface area contributed by atoms with Crippen molar-refractivity contribution in [2.75, 3.05) is 29.9 Å². The Balaban J connectivity index is 0.00000300. The smallest absolute Gasteiger partial charge is 0.255 e. The Hall–Kier alpha value is -2.57. The van der Waals surface area contributed by atoms with Crippen molar-refractivity contribution in [2.24, 2.45) is 5.73 Å². The number of unbranched alkanes of at least 4 members (excludes halogenated alkanes) is 1. The van der Waals surface area contributed by atoms with Gasteiger partial charge in [-0.15, -0.1) is 0 Å². The molecule has 6 heteroatoms. The number of carbonyl (C=O) groups is 1. The van der Waals surface area contributed by atoms with Crippen LogP contribution in [0, 0.1) is 0 Å². The average Bonchev–Trinajstić information content (AvgIpc) is 3.14. The molecule has 0 bridgehead atoms. The van der Waals surface area contributed by atoms with Crippen LogP contribution in [0.5, 0.6) is 5.75 Å². The molecule has 1 heterocycles. The van der Waals surface area contributed by atoms with Crippen LogP contribution in [-0.2, 0) is 6.61 Å². The summed E-state index contributed by atoms with van der Waals surface area (Å²) in [7, 11) is 0. The van der Waals surface area contributed by atoms with Gasteiger partial charge >= 0.3 is 0 Å². The van der Waals surface area contributed by atoms with Gasteiger partial charge in [0.05, 0.1) is 13.2 Å². The molecular weight excluding hydrogens is 354 g/mol. The summed E-state index contributed by atoms with van der Waals surface area (Å²) in [6, 6.07) is 12.9. The minimum atomic E-state index is -0.194. The van der Waals surface area contributed by atoms with Gasteiger partial charge in [-0.2, -0.15) is 0 Å². The lowest BCUT2D eigenvalue weighted by Gasteiger charge is -2.22. The Morgan fingerprint density at radius 2 is 2.11 bits per heavy atom. The van der Waals surface area contributed by atoms with E-state index in [4.69, 9.17) is 10.5 Å². The van der Waals surface area contributed by atoms with Gasteiger partial charge < -0.3 is 25.8 Å². The van der Waals surface area contributed by atoms with Gasteiger partial charge in [-0.1, -0.05) is 13.3 Å². The summed E-state index contributed by atoms with van der Waals surface area (Å²) in [6.07, 6.45) is 3.04. The number of nitrogens with two attached hydrogens (primary N) is 1. The monoisotopic (exact) mass is 385 g/mol. The molecule has 1 aliphatic heterocycles. The molecule has 0 aromatic heterocycles. The van der Waals surface area contributed by atoms with Crippen LogP contribution in [0.15, 0.2) is 42.5 Å². The van der Waals surface area contributed by atoms with Gasteiger partial charge in [0.2, 0.25) is 0 Å². The normalized spacial score (nSPS) is 16.2. The fourth-order valence-corrected chi connectivity index (χ4v) is 3.34. The molecule has 28 heavy (non-hydrogen) atoms. The highest BCUT2D eigenvalue weighted by atomic mass is 16.5. The zero-order chi connectivity index (χ0) is 19.9. The van der Waals surface area contributed by atoms with Crippen molar-refractivity contribution in [2.45, 2.75) is 38.8 Å². The molecule has 0 spiro atoms. The topological polar surface area (TPSA) is 87.8 Å². The Labute approximate surface area is 167 Å². The van der Waals surface area contributed by atoms with Crippen LogP contribution in [0.25, 0.3) is 0 Å². The number of nitrogens with one attached hydrogen (secondary N) is 1. The highest BCUT2D eigenvalue weighted by Gasteiger charge is 2.21. The first-order valence-electron chi connectivity index (χ1n) is 9.89. The van der Waals surface area contributed by atoms with Crippen LogP contribution < -0.4 is 20.7 Å². The highest BCUT2D eigenvalue weighted by Crippen LogP contribution is 2.27. The molecule has 4 N–H and O–H groups in total. The summed E-state index contributed by atoms with van der Waals surface area (Å²) >= 11 is 0. The van der Waals surface area contributed by atoms with Crippen molar-refractivity contribution in [1.82, 2.24) is 0 Å². The highest BCUT2D eigenvalue weighted by molar-refractivity contribution is 6.04. The van der Waals surface area contributed by atoms with Crippen molar-refractivity contribution in [3.8, 4) is 5.75 Å². The van der Waals surface area contributed by atoms with Crippen LogP contribution in [0.3, 0.4) is 0 Å². The fourth-order valence-electron chi connectivity index (χ4n) is 3.34. The second kappa shape index (κ2) is 9.57. The number of aliphatic hydroxyl groups is 1. The summed E-state index contributed by atoms with van der Waals surface area (Å²) in [5.41, 5.74) is 8.96. The molecule has 0 aliphatic carbocycles. The lowest BCUT2D eigenvalue weighted by atomic mass is 10.1. The van der Waals surface area contributed by atoms with E-state index in [0.29, 0.717) is 17.9 Å². The molecule has 1 unspecified atom stereocenters. The van der Waals surface area contributed by atoms with Gasteiger partial charge in [0.1, 0.15) is 5.75 Å². The summed E-state index contributed by atoms with van der Waals surface area (Å²) < 4.78 is 5.63. The van der Waals surface area contributed by atoms with Crippen LogP contribution in [0.2, 0.25) is 0 Å². The van der Waals surface area contributed by atoms with Crippen molar-refractivity contribution in [1.29, 1.82) is 0 Å². The quantitative estimate of drug-likeness (QED) is 0.606. The molecule has 2 aromatic carbocycles. The molecule has 1 fully saturated rings. The Bertz CT molecular complexity index is 798. The summed E-state index contributed by atoms with van der Waals surface area (Å²) in [6.45, 7) is 4.37. The average molecular weight is 386 g/mol. The maximum atomic E-state index is 12.5. The first-order chi connectivity index (χ1) is 13.6. The summed E-state index contributed by atoms with van der Waals surface area (Å²) in [5, 5.41) is 12.7. The van der Waals surface area contributed by atoms with E-state index < -0.39 is 0 Å². The molecular formula is C22H31N3O3. The first-order valence-corrected chi connectivity index (χ1v) is 9.89. The maximum Gasteiger partial charge on any atom is 0.255 e. The van der Waals surface area contributed by atoms with E-state index in [2.05, 4.69) is 17.1 Å². The second-order valence-corrected chi connectivity index (χ2v) is 7.18. The number of rotatable bonds is 8. The largest absolute Gasteiger partial charge is 0.494 e. The van der Waals surface area contributed by atoms with Crippen molar-refractivity contribution < 1.29 is 16.1 Å². The molecule has 3 rings (SSSR count). The van der Waals surface area contributed by atoms with E-state index in [-0.39, 0.29) is 20.0 Å². The Kier molecular flexibility index (Phi) is 6.90. The van der Waals surface area contributed by atoms with Gasteiger partial charge in [0, 0.05) is 43.1 Å². The third-order valence-electron chi connectivity index (χ3n) is 4.96. The lowest BCUT2D eigenvalue weighted by Crippen LogP contribution is -2.27. The first kappa shape index (κ1) is 20.2. The van der Waals surface area contributed by atoms with Gasteiger partial charge in [0.25, 0.3) is 5.91 Å². The molecule has 1 amide bonds. The number of benzene rings is 2. The Morgan fingerprint density at radius 3 is 2.75 bits per heavy atom. The van der Waals surface area contributed by atoms with Crippen LogP contribution in [0.1, 0.15) is 43.5 Å². The van der Waals surface area contributed by atoms with E-state index in [1.54, 1.807) is 12.1 Å². The molecule has 1 saturated heterocycles. The number of carbonyl (C=O) groups excluding carboxylic acids is 1. The lowest BCUT2D eigenvalue weighted by molar-refractivity contribution is 0.102. The van der Waals surface area contributed by atoms with Gasteiger partial charge in [0.15, 0.2) is 0 Å². The third kappa shape index (κ3) is 5.03. The predicted molar refractivity (Wildman–Crippen MR) is 114 cm³/mol. The predicted octanol–water partition coefficient (Wildman–Crippen LogP) is 3.39. The second-order valence-electron chi connectivity index (χ2n) is 7.18. The minimum Gasteiger partial charge on any atom is -0.494 e. The third-order valence-corrected chi connectivity index (χ3v) is 4.96. The number of hydrogen-bond acceptors (Lipinski definition) is 5. The van der Waals surface area contributed by atoms with Crippen molar-refractivity contribution in [3.05, 3.63) is 53.6 Å². The van der Waals surface area contributed by atoms with Crippen LogP contribution >= 0.6 is 0 Å². The van der Waals surface area contributed by atoms with Crippen LogP contribution in [-0.4, -0.2) is 36.8 Å². The molecule has 0 saturated carbocycles. The number of ether oxygens (including phenoxy) is 1. The summed E-state index contributed by atoms with van der Waals surface area (Å²) in [5.74, 6) is 0.570. The van der Waals surface area contributed by atoms with E-state index in [1.807, 2.05) is 30.3 Å². The van der Waals surface area contributed by atoms with Gasteiger partial charge in [-0.05, 0) is 55.3 Å². The van der Waals surface area contributed by atoms with E-state index in [0.717, 1.165) is 49.4 Å². The standard InChI is InChI=1S/C22H29N3O3.H2/c1-2-3-12-28-20-7-4-16(5-8-20)22(27)24-19-6-9-21(17(13-19)15-26)25-11-10-18(23)14-25;/h4-9,13,18,26H,2-3,10-12,14-15,23H2,1H3,(H,24,27);1H. The van der Waals surface area contributed by atoms with Crippen molar-refractivity contribution in [3.63, 3.8) is 0 Å². The van der Waals surface area contributed by atoms with E-state index >= 15 is 0 Å². The van der Waals surface area contributed by atoms with Crippen molar-refractivity contribution >= 4 is 17.3 Å². The number of hydrogen-bond donors (Lipinski definition) is 3. The molecule has 0 radical (unpaired) electrons.